The van der Waals surface area contributed by atoms with E-state index < -0.39 is 29.6 Å². The van der Waals surface area contributed by atoms with E-state index in [9.17, 15) is 27.6 Å². The maximum atomic E-state index is 13.8. The number of oxazole rings is 1. The number of hydrogen-bond acceptors (Lipinski definition) is 6. The number of rotatable bonds is 8. The lowest BCUT2D eigenvalue weighted by Crippen LogP contribution is -2.35. The van der Waals surface area contributed by atoms with Crippen molar-refractivity contribution in [3.63, 3.8) is 0 Å². The van der Waals surface area contributed by atoms with Crippen LogP contribution in [0.15, 0.2) is 52.9 Å². The second kappa shape index (κ2) is 12.8. The molecule has 0 radical (unpaired) electrons. The highest BCUT2D eigenvalue weighted by molar-refractivity contribution is 6.04. The van der Waals surface area contributed by atoms with Gasteiger partial charge in [0, 0.05) is 49.7 Å². The molecule has 0 spiro atoms. The average Bonchev–Trinajstić information content (AvgIpc) is 3.63. The van der Waals surface area contributed by atoms with Crippen LogP contribution >= 0.6 is 0 Å². The minimum absolute atomic E-state index is 0.0736. The van der Waals surface area contributed by atoms with Gasteiger partial charge in [0.1, 0.15) is 0 Å². The lowest BCUT2D eigenvalue weighted by molar-refractivity contribution is -0.141. The number of halogens is 3. The summed E-state index contributed by atoms with van der Waals surface area (Å²) in [5.74, 6) is -1.81. The summed E-state index contributed by atoms with van der Waals surface area (Å²) in [6, 6.07) is 13.1. The topological polar surface area (TPSA) is 120 Å². The lowest BCUT2D eigenvalue weighted by atomic mass is 9.96. The van der Waals surface area contributed by atoms with E-state index in [1.807, 2.05) is 13.0 Å². The van der Waals surface area contributed by atoms with Gasteiger partial charge in [-0.05, 0) is 61.1 Å². The first-order valence-corrected chi connectivity index (χ1v) is 14.3. The number of nitrogens with zero attached hydrogens (tertiary/aromatic N) is 3. The summed E-state index contributed by atoms with van der Waals surface area (Å²) in [6.07, 6.45) is -1.62. The molecule has 2 aliphatic heterocycles. The number of piperidine rings is 1. The summed E-state index contributed by atoms with van der Waals surface area (Å²) < 4.78 is 46.9. The van der Waals surface area contributed by atoms with Gasteiger partial charge in [-0.1, -0.05) is 31.5 Å². The molecule has 5 rings (SSSR count). The first-order chi connectivity index (χ1) is 20.6. The van der Waals surface area contributed by atoms with Crippen molar-refractivity contribution in [2.45, 2.75) is 45.2 Å². The standard InChI is InChI=1S/C30H33F3N6O4/c1-2-19-7-6-15-38(18-19)29-37-26(30(31,32)33)25(43-29)27(41)35-22-10-11-23-20(17-22)13-16-39(23)24(40)12-14-34-28(42)36-21-8-4-3-5-9-21/h3-5,8-11,17,19H,2,6-7,12-16,18H2,1H3,(H,35,41)(H2,34,36,42). The molecule has 1 aromatic heterocycles. The van der Waals surface area contributed by atoms with Gasteiger partial charge in [-0.25, -0.2) is 4.79 Å². The van der Waals surface area contributed by atoms with Crippen LogP contribution < -0.4 is 25.8 Å². The zero-order chi connectivity index (χ0) is 30.6. The van der Waals surface area contributed by atoms with Crippen LogP contribution in [-0.4, -0.2) is 49.0 Å². The third-order valence-electron chi connectivity index (χ3n) is 7.65. The van der Waals surface area contributed by atoms with E-state index in [0.29, 0.717) is 43.3 Å². The molecule has 2 aromatic carbocycles. The summed E-state index contributed by atoms with van der Waals surface area (Å²) in [5, 5.41) is 7.84. The number of urea groups is 1. The third-order valence-corrected chi connectivity index (χ3v) is 7.65. The van der Waals surface area contributed by atoms with Gasteiger partial charge >= 0.3 is 12.2 Å². The summed E-state index contributed by atoms with van der Waals surface area (Å²) in [7, 11) is 0. The van der Waals surface area contributed by atoms with Crippen LogP contribution in [0.2, 0.25) is 0 Å². The van der Waals surface area contributed by atoms with Gasteiger partial charge in [-0.15, -0.1) is 0 Å². The average molecular weight is 599 g/mol. The Hall–Kier alpha value is -4.55. The van der Waals surface area contributed by atoms with Crippen molar-refractivity contribution in [2.24, 2.45) is 5.92 Å². The van der Waals surface area contributed by atoms with Gasteiger partial charge in [-0.2, -0.15) is 18.2 Å². The maximum Gasteiger partial charge on any atom is 0.437 e. The number of para-hydroxylation sites is 1. The zero-order valence-electron chi connectivity index (χ0n) is 23.7. The molecule has 43 heavy (non-hydrogen) atoms. The van der Waals surface area contributed by atoms with E-state index in [0.717, 1.165) is 24.8 Å². The third kappa shape index (κ3) is 7.09. The highest BCUT2D eigenvalue weighted by atomic mass is 19.4. The number of anilines is 4. The fraction of sp³-hybridized carbons (Fsp3) is 0.400. The summed E-state index contributed by atoms with van der Waals surface area (Å²) >= 11 is 0. The smallest absolute Gasteiger partial charge is 0.417 e. The number of carbonyl (C=O) groups is 3. The molecule has 2 aliphatic rings. The Bertz CT molecular complexity index is 1480. The van der Waals surface area contributed by atoms with Crippen molar-refractivity contribution in [3.05, 3.63) is 65.5 Å². The highest BCUT2D eigenvalue weighted by Gasteiger charge is 2.42. The lowest BCUT2D eigenvalue weighted by Gasteiger charge is -2.30. The summed E-state index contributed by atoms with van der Waals surface area (Å²) in [5.41, 5.74) is 0.947. The van der Waals surface area contributed by atoms with E-state index >= 15 is 0 Å². The molecule has 228 valence electrons. The predicted octanol–water partition coefficient (Wildman–Crippen LogP) is 5.67. The zero-order valence-corrected chi connectivity index (χ0v) is 23.7. The fourth-order valence-electron chi connectivity index (χ4n) is 5.40. The van der Waals surface area contributed by atoms with Crippen LogP contribution in [0.5, 0.6) is 0 Å². The van der Waals surface area contributed by atoms with Crippen molar-refractivity contribution in [3.8, 4) is 0 Å². The summed E-state index contributed by atoms with van der Waals surface area (Å²) in [4.78, 5) is 44.8. The molecular formula is C30H33F3N6O4. The number of alkyl halides is 3. The first-order valence-electron chi connectivity index (χ1n) is 14.3. The predicted molar refractivity (Wildman–Crippen MR) is 155 cm³/mol. The van der Waals surface area contributed by atoms with Gasteiger partial charge in [-0.3, -0.25) is 9.59 Å². The molecule has 1 atom stereocenters. The van der Waals surface area contributed by atoms with Crippen LogP contribution in [0.25, 0.3) is 0 Å². The molecule has 1 fully saturated rings. The summed E-state index contributed by atoms with van der Waals surface area (Å²) in [6.45, 7) is 3.59. The molecular weight excluding hydrogens is 565 g/mol. The molecule has 4 amide bonds. The first kappa shape index (κ1) is 29.9. The minimum atomic E-state index is -4.87. The number of fused-ring (bicyclic) bond motifs is 1. The molecule has 3 aromatic rings. The molecule has 1 unspecified atom stereocenters. The van der Waals surface area contributed by atoms with Gasteiger partial charge in [0.2, 0.25) is 11.7 Å². The van der Waals surface area contributed by atoms with Crippen molar-refractivity contribution in [1.29, 1.82) is 0 Å². The van der Waals surface area contributed by atoms with Crippen LogP contribution in [0.4, 0.5) is 41.0 Å². The van der Waals surface area contributed by atoms with Crippen LogP contribution in [0.1, 0.15) is 54.4 Å². The SMILES string of the molecule is CCC1CCCN(c2nc(C(F)(F)F)c(C(=O)Nc3ccc4c(c3)CCN4C(=O)CCNC(=O)Nc3ccccc3)o2)C1. The monoisotopic (exact) mass is 598 g/mol. The van der Waals surface area contributed by atoms with E-state index in [2.05, 4.69) is 20.9 Å². The second-order valence-electron chi connectivity index (χ2n) is 10.6. The maximum absolute atomic E-state index is 13.8. The van der Waals surface area contributed by atoms with E-state index in [4.69, 9.17) is 4.42 Å². The van der Waals surface area contributed by atoms with Crippen molar-refractivity contribution >= 4 is 40.9 Å². The van der Waals surface area contributed by atoms with Crippen LogP contribution in [-0.2, 0) is 17.4 Å². The Morgan fingerprint density at radius 1 is 1.05 bits per heavy atom. The van der Waals surface area contributed by atoms with Gasteiger partial charge in [0.15, 0.2) is 5.69 Å². The van der Waals surface area contributed by atoms with Crippen molar-refractivity contribution < 1.29 is 32.0 Å². The van der Waals surface area contributed by atoms with E-state index in [-0.39, 0.29) is 30.6 Å². The van der Waals surface area contributed by atoms with Gasteiger partial charge in [0.05, 0.1) is 0 Å². The Kier molecular flexibility index (Phi) is 8.88. The normalized spacial score (nSPS) is 16.5. The molecule has 3 N–H and O–H groups in total. The fourth-order valence-corrected chi connectivity index (χ4v) is 5.40. The number of carbonyl (C=O) groups excluding carboxylic acids is 3. The molecule has 13 heteroatoms. The quantitative estimate of drug-likeness (QED) is 0.307. The molecule has 1 saturated heterocycles. The molecule has 0 saturated carbocycles. The van der Waals surface area contributed by atoms with Crippen LogP contribution in [0.3, 0.4) is 0 Å². The number of nitrogens with one attached hydrogen (secondary N) is 3. The number of hydrogen-bond donors (Lipinski definition) is 3. The Balaban J connectivity index is 1.21. The Morgan fingerprint density at radius 2 is 1.84 bits per heavy atom. The highest BCUT2D eigenvalue weighted by Crippen LogP contribution is 2.36. The van der Waals surface area contributed by atoms with Crippen molar-refractivity contribution in [2.75, 3.05) is 46.6 Å². The number of aromatic nitrogens is 1. The molecule has 10 nitrogen and oxygen atoms in total. The molecule has 3 heterocycles. The number of amides is 4. The molecule has 0 bridgehead atoms. The van der Waals surface area contributed by atoms with Crippen molar-refractivity contribution in [1.82, 2.24) is 10.3 Å². The Morgan fingerprint density at radius 3 is 2.58 bits per heavy atom. The van der Waals surface area contributed by atoms with Gasteiger partial charge in [0.25, 0.3) is 11.9 Å². The second-order valence-corrected chi connectivity index (χ2v) is 10.6. The van der Waals surface area contributed by atoms with E-state index in [1.54, 1.807) is 46.2 Å². The largest absolute Gasteiger partial charge is 0.437 e. The van der Waals surface area contributed by atoms with Crippen LogP contribution in [0, 0.1) is 5.92 Å². The van der Waals surface area contributed by atoms with Gasteiger partial charge < -0.3 is 30.2 Å². The minimum Gasteiger partial charge on any atom is -0.417 e. The molecule has 0 aliphatic carbocycles. The number of benzene rings is 2. The van der Waals surface area contributed by atoms with E-state index in [1.165, 1.54) is 6.07 Å². The Labute approximate surface area is 246 Å².